The molecule has 0 bridgehead atoms. The van der Waals surface area contributed by atoms with E-state index in [9.17, 15) is 14.3 Å². The Morgan fingerprint density at radius 1 is 1.30 bits per heavy atom. The molecule has 0 saturated heterocycles. The summed E-state index contributed by atoms with van der Waals surface area (Å²) in [6, 6.07) is 8.96. The molecular formula is C16H11FN2O3S. The lowest BCUT2D eigenvalue weighted by Crippen LogP contribution is -2.27. The molecule has 0 amide bonds. The molecule has 0 unspecified atom stereocenters. The number of nitrogens with one attached hydrogen (secondary N) is 1. The third kappa shape index (κ3) is 3.04. The van der Waals surface area contributed by atoms with Crippen LogP contribution in [-0.2, 0) is 6.54 Å². The van der Waals surface area contributed by atoms with Gasteiger partial charge >= 0.3 is 5.63 Å². The molecule has 3 aromatic rings. The predicted molar refractivity (Wildman–Crippen MR) is 86.9 cm³/mol. The lowest BCUT2D eigenvalue weighted by atomic mass is 10.2. The van der Waals surface area contributed by atoms with Crippen LogP contribution in [0, 0.1) is 5.82 Å². The van der Waals surface area contributed by atoms with E-state index in [1.54, 1.807) is 18.2 Å². The van der Waals surface area contributed by atoms with Gasteiger partial charge in [-0.2, -0.15) is 0 Å². The van der Waals surface area contributed by atoms with Crippen molar-refractivity contribution in [3.05, 3.63) is 70.0 Å². The van der Waals surface area contributed by atoms with Crippen molar-refractivity contribution in [3.8, 4) is 5.75 Å². The van der Waals surface area contributed by atoms with Gasteiger partial charge in [0.15, 0.2) is 11.3 Å². The van der Waals surface area contributed by atoms with Crippen molar-refractivity contribution in [3.63, 3.8) is 0 Å². The standard InChI is InChI=1S/C16H11FN2O3S/c17-10-5-3-9(4-6-10)8-19-15(23)12-14(20)13-11(22-16(12)21)2-1-7-18-13/h1-7,20H,8H2,(H,19,23). The SMILES string of the molecule is O=c1oc2cccnc2c(O)c1C(=S)NCc1ccc(F)cc1. The average Bonchev–Trinajstić information content (AvgIpc) is 2.54. The van der Waals surface area contributed by atoms with Crippen molar-refractivity contribution in [2.75, 3.05) is 0 Å². The fourth-order valence-electron chi connectivity index (χ4n) is 2.09. The Hall–Kier alpha value is -2.80. The fourth-order valence-corrected chi connectivity index (χ4v) is 2.34. The highest BCUT2D eigenvalue weighted by molar-refractivity contribution is 7.80. The molecular weight excluding hydrogens is 319 g/mol. The Kier molecular flexibility index (Phi) is 4.03. The van der Waals surface area contributed by atoms with Gasteiger partial charge in [0.25, 0.3) is 0 Å². The van der Waals surface area contributed by atoms with Gasteiger partial charge < -0.3 is 14.8 Å². The highest BCUT2D eigenvalue weighted by atomic mass is 32.1. The molecule has 3 rings (SSSR count). The van der Waals surface area contributed by atoms with E-state index in [-0.39, 0.29) is 39.8 Å². The molecule has 0 spiro atoms. The molecule has 0 aliphatic rings. The highest BCUT2D eigenvalue weighted by Gasteiger charge is 2.18. The molecule has 0 atom stereocenters. The zero-order valence-corrected chi connectivity index (χ0v) is 12.6. The summed E-state index contributed by atoms with van der Waals surface area (Å²) in [5, 5.41) is 13.1. The van der Waals surface area contributed by atoms with Crippen LogP contribution in [0.1, 0.15) is 11.1 Å². The molecule has 0 radical (unpaired) electrons. The number of benzene rings is 1. The van der Waals surface area contributed by atoms with Gasteiger partial charge in [-0.1, -0.05) is 24.4 Å². The normalized spacial score (nSPS) is 10.7. The van der Waals surface area contributed by atoms with Crippen molar-refractivity contribution in [2.24, 2.45) is 0 Å². The van der Waals surface area contributed by atoms with E-state index in [1.807, 2.05) is 0 Å². The van der Waals surface area contributed by atoms with Crippen LogP contribution in [-0.4, -0.2) is 15.1 Å². The first-order chi connectivity index (χ1) is 11.1. The molecule has 2 heterocycles. The summed E-state index contributed by atoms with van der Waals surface area (Å²) in [6.07, 6.45) is 1.47. The molecule has 23 heavy (non-hydrogen) atoms. The van der Waals surface area contributed by atoms with Gasteiger partial charge in [-0.25, -0.2) is 14.2 Å². The summed E-state index contributed by atoms with van der Waals surface area (Å²) in [5.74, 6) is -0.663. The van der Waals surface area contributed by atoms with Gasteiger partial charge in [0, 0.05) is 12.7 Å². The number of thiocarbonyl (C=S) groups is 1. The van der Waals surface area contributed by atoms with Crippen LogP contribution >= 0.6 is 12.2 Å². The number of nitrogens with zero attached hydrogens (tertiary/aromatic N) is 1. The summed E-state index contributed by atoms with van der Waals surface area (Å²) in [6.45, 7) is 0.276. The molecule has 2 aromatic heterocycles. The van der Waals surface area contributed by atoms with Crippen LogP contribution in [0.15, 0.2) is 51.8 Å². The second-order valence-corrected chi connectivity index (χ2v) is 5.18. The van der Waals surface area contributed by atoms with Crippen molar-refractivity contribution in [1.29, 1.82) is 0 Å². The number of rotatable bonds is 3. The van der Waals surface area contributed by atoms with E-state index >= 15 is 0 Å². The Morgan fingerprint density at radius 3 is 2.78 bits per heavy atom. The van der Waals surface area contributed by atoms with Gasteiger partial charge in [0.05, 0.1) is 0 Å². The number of hydrogen-bond acceptors (Lipinski definition) is 5. The minimum Gasteiger partial charge on any atom is -0.505 e. The van der Waals surface area contributed by atoms with Crippen molar-refractivity contribution >= 4 is 28.3 Å². The largest absolute Gasteiger partial charge is 0.505 e. The molecule has 7 heteroatoms. The van der Waals surface area contributed by atoms with Crippen molar-refractivity contribution < 1.29 is 13.9 Å². The fraction of sp³-hybridized carbons (Fsp3) is 0.0625. The Morgan fingerprint density at radius 2 is 2.04 bits per heavy atom. The number of aromatic nitrogens is 1. The monoisotopic (exact) mass is 330 g/mol. The number of hydrogen-bond donors (Lipinski definition) is 2. The Bertz CT molecular complexity index is 938. The molecule has 5 nitrogen and oxygen atoms in total. The summed E-state index contributed by atoms with van der Waals surface area (Å²) in [7, 11) is 0. The third-order valence-corrected chi connectivity index (χ3v) is 3.58. The highest BCUT2D eigenvalue weighted by Crippen LogP contribution is 2.24. The molecule has 2 N–H and O–H groups in total. The summed E-state index contributed by atoms with van der Waals surface area (Å²) >= 11 is 5.15. The first kappa shape index (κ1) is 15.1. The third-order valence-electron chi connectivity index (χ3n) is 3.23. The Balaban J connectivity index is 1.89. The van der Waals surface area contributed by atoms with Crippen LogP contribution in [0.25, 0.3) is 11.1 Å². The first-order valence-electron chi connectivity index (χ1n) is 6.69. The van der Waals surface area contributed by atoms with Gasteiger partial charge in [-0.3, -0.25) is 0 Å². The average molecular weight is 330 g/mol. The first-order valence-corrected chi connectivity index (χ1v) is 7.10. The second-order valence-electron chi connectivity index (χ2n) is 4.77. The molecule has 1 aromatic carbocycles. The van der Waals surface area contributed by atoms with Crippen molar-refractivity contribution in [1.82, 2.24) is 10.3 Å². The van der Waals surface area contributed by atoms with Crippen LogP contribution in [0.4, 0.5) is 4.39 Å². The predicted octanol–water partition coefficient (Wildman–Crippen LogP) is 2.50. The van der Waals surface area contributed by atoms with Crippen LogP contribution in [0.5, 0.6) is 5.75 Å². The van der Waals surface area contributed by atoms with Gasteiger partial charge in [-0.15, -0.1) is 0 Å². The molecule has 0 aliphatic heterocycles. The molecule has 0 fully saturated rings. The lowest BCUT2D eigenvalue weighted by molar-refractivity contribution is 0.464. The number of halogens is 1. The molecule has 0 aliphatic carbocycles. The van der Waals surface area contributed by atoms with E-state index < -0.39 is 5.63 Å². The van der Waals surface area contributed by atoms with E-state index in [4.69, 9.17) is 16.6 Å². The van der Waals surface area contributed by atoms with Crippen LogP contribution in [0.2, 0.25) is 0 Å². The van der Waals surface area contributed by atoms with E-state index in [2.05, 4.69) is 10.3 Å². The molecule has 116 valence electrons. The second kappa shape index (κ2) is 6.13. The quantitative estimate of drug-likeness (QED) is 0.719. The van der Waals surface area contributed by atoms with Crippen molar-refractivity contribution in [2.45, 2.75) is 6.54 Å². The summed E-state index contributed by atoms with van der Waals surface area (Å²) in [5.41, 5.74) is 0.220. The van der Waals surface area contributed by atoms with E-state index in [0.717, 1.165) is 5.56 Å². The molecule has 0 saturated carbocycles. The Labute approximate surface area is 135 Å². The van der Waals surface area contributed by atoms with E-state index in [1.165, 1.54) is 24.4 Å². The number of aromatic hydroxyl groups is 1. The lowest BCUT2D eigenvalue weighted by Gasteiger charge is -2.09. The van der Waals surface area contributed by atoms with Gasteiger partial charge in [0.1, 0.15) is 21.9 Å². The summed E-state index contributed by atoms with van der Waals surface area (Å²) in [4.78, 5) is 16.0. The zero-order chi connectivity index (χ0) is 16.4. The topological polar surface area (TPSA) is 75.4 Å². The smallest absolute Gasteiger partial charge is 0.350 e. The van der Waals surface area contributed by atoms with Crippen LogP contribution in [0.3, 0.4) is 0 Å². The number of fused-ring (bicyclic) bond motifs is 1. The van der Waals surface area contributed by atoms with Gasteiger partial charge in [0.2, 0.25) is 0 Å². The maximum Gasteiger partial charge on any atom is 0.350 e. The van der Waals surface area contributed by atoms with Gasteiger partial charge in [-0.05, 0) is 29.8 Å². The zero-order valence-electron chi connectivity index (χ0n) is 11.7. The maximum absolute atomic E-state index is 12.9. The summed E-state index contributed by atoms with van der Waals surface area (Å²) < 4.78 is 18.0. The van der Waals surface area contributed by atoms with E-state index in [0.29, 0.717) is 0 Å². The minimum atomic E-state index is -0.750. The maximum atomic E-state index is 12.9. The minimum absolute atomic E-state index is 0.0353. The van der Waals surface area contributed by atoms with Crippen LogP contribution < -0.4 is 10.9 Å². The number of pyridine rings is 1.